The molecule has 1 saturated carbocycles. The predicted molar refractivity (Wildman–Crippen MR) is 82.2 cm³/mol. The first-order valence-electron chi connectivity index (χ1n) is 7.64. The number of rotatable bonds is 4. The topological polar surface area (TPSA) is 20.2 Å². The maximum Gasteiger partial charge on any atom is 0.0830 e. The summed E-state index contributed by atoms with van der Waals surface area (Å²) in [6.45, 7) is 4.37. The molecule has 1 aromatic rings. The Kier molecular flexibility index (Phi) is 4.81. The van der Waals surface area contributed by atoms with E-state index in [1.807, 2.05) is 6.08 Å². The van der Waals surface area contributed by atoms with Crippen molar-refractivity contribution in [3.05, 3.63) is 41.0 Å². The molecule has 0 bridgehead atoms. The van der Waals surface area contributed by atoms with E-state index in [2.05, 4.69) is 38.1 Å². The minimum absolute atomic E-state index is 0.563. The van der Waals surface area contributed by atoms with E-state index < -0.39 is 5.60 Å². The van der Waals surface area contributed by atoms with Gasteiger partial charge in [-0.3, -0.25) is 0 Å². The van der Waals surface area contributed by atoms with Crippen LogP contribution in [0.4, 0.5) is 0 Å². The Balaban J connectivity index is 2.09. The molecule has 1 aromatic carbocycles. The summed E-state index contributed by atoms with van der Waals surface area (Å²) in [6, 6.07) is 6.66. The van der Waals surface area contributed by atoms with Crippen LogP contribution in [0, 0.1) is 6.92 Å². The predicted octanol–water partition coefficient (Wildman–Crippen LogP) is 4.66. The second-order valence-corrected chi connectivity index (χ2v) is 5.94. The molecule has 0 radical (unpaired) electrons. The zero-order valence-corrected chi connectivity index (χ0v) is 12.3. The Labute approximate surface area is 117 Å². The quantitative estimate of drug-likeness (QED) is 0.833. The van der Waals surface area contributed by atoms with Crippen LogP contribution in [0.5, 0.6) is 0 Å². The van der Waals surface area contributed by atoms with Gasteiger partial charge in [0, 0.05) is 0 Å². The fraction of sp³-hybridized carbons (Fsp3) is 0.556. The minimum atomic E-state index is -0.563. The average Bonchev–Trinajstić information content (AvgIpc) is 2.39. The zero-order valence-electron chi connectivity index (χ0n) is 12.3. The maximum absolute atomic E-state index is 10.5. The summed E-state index contributed by atoms with van der Waals surface area (Å²) < 4.78 is 0. The zero-order chi connectivity index (χ0) is 13.7. The van der Waals surface area contributed by atoms with Gasteiger partial charge in [0.2, 0.25) is 0 Å². The summed E-state index contributed by atoms with van der Waals surface area (Å²) in [4.78, 5) is 0. The van der Waals surface area contributed by atoms with Crippen LogP contribution < -0.4 is 0 Å². The summed E-state index contributed by atoms with van der Waals surface area (Å²) in [7, 11) is 0. The first kappa shape index (κ1) is 14.3. The summed E-state index contributed by atoms with van der Waals surface area (Å²) in [5, 5.41) is 10.5. The van der Waals surface area contributed by atoms with E-state index in [-0.39, 0.29) is 0 Å². The Bertz CT molecular complexity index is 439. The summed E-state index contributed by atoms with van der Waals surface area (Å²) >= 11 is 0. The molecule has 0 unspecified atom stereocenters. The number of aliphatic hydroxyl groups is 1. The van der Waals surface area contributed by atoms with Gasteiger partial charge in [-0.25, -0.2) is 0 Å². The molecular formula is C18H26O. The van der Waals surface area contributed by atoms with E-state index in [0.717, 1.165) is 32.1 Å². The lowest BCUT2D eigenvalue weighted by Gasteiger charge is -2.28. The van der Waals surface area contributed by atoms with E-state index in [4.69, 9.17) is 0 Å². The van der Waals surface area contributed by atoms with E-state index in [1.54, 1.807) is 0 Å². The fourth-order valence-corrected chi connectivity index (χ4v) is 2.94. The van der Waals surface area contributed by atoms with Gasteiger partial charge in [0.05, 0.1) is 5.60 Å². The lowest BCUT2D eigenvalue weighted by molar-refractivity contribution is 0.0521. The van der Waals surface area contributed by atoms with Crippen molar-refractivity contribution >= 4 is 6.08 Å². The lowest BCUT2D eigenvalue weighted by atomic mass is 9.84. The largest absolute Gasteiger partial charge is 0.386 e. The Morgan fingerprint density at radius 3 is 2.58 bits per heavy atom. The molecule has 0 aliphatic heterocycles. The molecule has 0 aromatic heterocycles. The molecule has 19 heavy (non-hydrogen) atoms. The highest BCUT2D eigenvalue weighted by Gasteiger charge is 2.25. The van der Waals surface area contributed by atoms with Gasteiger partial charge in [-0.15, -0.1) is 0 Å². The van der Waals surface area contributed by atoms with Crippen LogP contribution in [0.15, 0.2) is 24.3 Å². The van der Waals surface area contributed by atoms with Crippen LogP contribution in [0.25, 0.3) is 6.08 Å². The third-order valence-corrected chi connectivity index (χ3v) is 4.17. The molecule has 104 valence electrons. The van der Waals surface area contributed by atoms with Crippen LogP contribution in [0.1, 0.15) is 62.1 Å². The average molecular weight is 258 g/mol. The second-order valence-electron chi connectivity index (χ2n) is 5.94. The summed E-state index contributed by atoms with van der Waals surface area (Å²) in [5.74, 6) is 0. The van der Waals surface area contributed by atoms with Gasteiger partial charge < -0.3 is 5.11 Å². The van der Waals surface area contributed by atoms with E-state index in [9.17, 15) is 5.11 Å². The molecule has 1 aliphatic rings. The smallest absolute Gasteiger partial charge is 0.0830 e. The van der Waals surface area contributed by atoms with Crippen molar-refractivity contribution in [2.24, 2.45) is 0 Å². The monoisotopic (exact) mass is 258 g/mol. The van der Waals surface area contributed by atoms with Gasteiger partial charge in [-0.2, -0.15) is 0 Å². The molecule has 1 nitrogen and oxygen atoms in total. The van der Waals surface area contributed by atoms with Crippen LogP contribution in [0.2, 0.25) is 0 Å². The SMILES string of the molecule is CCCc1ccc(/C=C/C2(O)CCCCC2)c(C)c1. The second kappa shape index (κ2) is 6.38. The van der Waals surface area contributed by atoms with Gasteiger partial charge in [-0.05, 0) is 42.9 Å². The molecular weight excluding hydrogens is 232 g/mol. The van der Waals surface area contributed by atoms with Crippen molar-refractivity contribution in [2.45, 2.75) is 64.4 Å². The third-order valence-electron chi connectivity index (χ3n) is 4.17. The standard InChI is InChI=1S/C18H26O/c1-3-7-16-8-9-17(15(2)14-16)10-13-18(19)11-5-4-6-12-18/h8-10,13-14,19H,3-7,11-12H2,1-2H3/b13-10+. The molecule has 0 spiro atoms. The van der Waals surface area contributed by atoms with Crippen LogP contribution in [0.3, 0.4) is 0 Å². The highest BCUT2D eigenvalue weighted by Crippen LogP contribution is 2.30. The van der Waals surface area contributed by atoms with Crippen molar-refractivity contribution in [3.63, 3.8) is 0 Å². The van der Waals surface area contributed by atoms with Crippen molar-refractivity contribution in [1.82, 2.24) is 0 Å². The van der Waals surface area contributed by atoms with Crippen molar-refractivity contribution in [2.75, 3.05) is 0 Å². The minimum Gasteiger partial charge on any atom is -0.386 e. The highest BCUT2D eigenvalue weighted by atomic mass is 16.3. The van der Waals surface area contributed by atoms with Gasteiger partial charge in [0.1, 0.15) is 0 Å². The van der Waals surface area contributed by atoms with Crippen molar-refractivity contribution in [3.8, 4) is 0 Å². The van der Waals surface area contributed by atoms with E-state index in [1.165, 1.54) is 29.5 Å². The third kappa shape index (κ3) is 3.94. The molecule has 2 rings (SSSR count). The molecule has 1 N–H and O–H groups in total. The van der Waals surface area contributed by atoms with E-state index >= 15 is 0 Å². The summed E-state index contributed by atoms with van der Waals surface area (Å²) in [5.41, 5.74) is 3.39. The van der Waals surface area contributed by atoms with Gasteiger partial charge in [-0.1, -0.05) is 63.0 Å². The maximum atomic E-state index is 10.5. The van der Waals surface area contributed by atoms with Crippen LogP contribution in [-0.4, -0.2) is 10.7 Å². The molecule has 1 heteroatoms. The van der Waals surface area contributed by atoms with Crippen LogP contribution >= 0.6 is 0 Å². The molecule has 0 heterocycles. The first-order valence-corrected chi connectivity index (χ1v) is 7.64. The van der Waals surface area contributed by atoms with Crippen LogP contribution in [-0.2, 0) is 6.42 Å². The lowest BCUT2D eigenvalue weighted by Crippen LogP contribution is -2.28. The molecule has 1 aliphatic carbocycles. The number of benzene rings is 1. The first-order chi connectivity index (χ1) is 9.13. The normalized spacial score (nSPS) is 18.9. The number of hydrogen-bond donors (Lipinski definition) is 1. The molecule has 0 amide bonds. The Hall–Kier alpha value is -1.08. The Morgan fingerprint density at radius 2 is 1.95 bits per heavy atom. The highest BCUT2D eigenvalue weighted by molar-refractivity contribution is 5.55. The molecule has 1 fully saturated rings. The fourth-order valence-electron chi connectivity index (χ4n) is 2.94. The number of hydrogen-bond acceptors (Lipinski definition) is 1. The molecule has 0 atom stereocenters. The van der Waals surface area contributed by atoms with E-state index in [0.29, 0.717) is 0 Å². The van der Waals surface area contributed by atoms with Gasteiger partial charge in [0.15, 0.2) is 0 Å². The van der Waals surface area contributed by atoms with Crippen molar-refractivity contribution < 1.29 is 5.11 Å². The Morgan fingerprint density at radius 1 is 1.21 bits per heavy atom. The van der Waals surface area contributed by atoms with Gasteiger partial charge in [0.25, 0.3) is 0 Å². The molecule has 0 saturated heterocycles. The number of aryl methyl sites for hydroxylation is 2. The van der Waals surface area contributed by atoms with Crippen molar-refractivity contribution in [1.29, 1.82) is 0 Å². The van der Waals surface area contributed by atoms with Gasteiger partial charge >= 0.3 is 0 Å². The summed E-state index contributed by atoms with van der Waals surface area (Å²) in [6.07, 6.45) is 11.9.